The van der Waals surface area contributed by atoms with E-state index in [-0.39, 0.29) is 22.8 Å². The van der Waals surface area contributed by atoms with E-state index in [9.17, 15) is 13.2 Å². The molecule has 1 unspecified atom stereocenters. The van der Waals surface area contributed by atoms with Crippen molar-refractivity contribution in [3.05, 3.63) is 42.5 Å². The Balaban J connectivity index is 1.78. The van der Waals surface area contributed by atoms with Crippen LogP contribution in [0.4, 0.5) is 0 Å². The molecule has 5 nitrogen and oxygen atoms in total. The average molecular weight is 389 g/mol. The second-order valence-corrected chi connectivity index (χ2v) is 9.41. The average Bonchev–Trinajstić information content (AvgIpc) is 2.66. The summed E-state index contributed by atoms with van der Waals surface area (Å²) < 4.78 is 28.4. The van der Waals surface area contributed by atoms with E-state index in [0.29, 0.717) is 0 Å². The summed E-state index contributed by atoms with van der Waals surface area (Å²) in [6.45, 7) is 3.71. The van der Waals surface area contributed by atoms with Crippen molar-refractivity contribution in [1.29, 1.82) is 0 Å². The quantitative estimate of drug-likeness (QED) is 0.794. The number of hydrogen-bond donors (Lipinski definition) is 2. The number of sulfonamides is 1. The first kappa shape index (κ1) is 19.8. The van der Waals surface area contributed by atoms with E-state index in [4.69, 9.17) is 0 Å². The molecule has 0 bridgehead atoms. The monoisotopic (exact) mass is 388 g/mol. The van der Waals surface area contributed by atoms with Gasteiger partial charge in [0.2, 0.25) is 15.9 Å². The Morgan fingerprint density at radius 3 is 2.33 bits per heavy atom. The fraction of sp³-hybridized carbons (Fsp3) is 0.476. The summed E-state index contributed by atoms with van der Waals surface area (Å²) in [7, 11) is -3.79. The first-order valence-corrected chi connectivity index (χ1v) is 11.2. The molecule has 1 aliphatic rings. The van der Waals surface area contributed by atoms with Gasteiger partial charge in [0.25, 0.3) is 0 Å². The maximum absolute atomic E-state index is 12.9. The first-order valence-electron chi connectivity index (χ1n) is 9.68. The molecular formula is C21H28N2O3S. The van der Waals surface area contributed by atoms with Gasteiger partial charge in [-0.05, 0) is 41.7 Å². The minimum absolute atomic E-state index is 0.149. The highest BCUT2D eigenvalue weighted by atomic mass is 32.2. The minimum Gasteiger partial charge on any atom is -0.352 e. The number of nitrogens with one attached hydrogen (secondary N) is 2. The van der Waals surface area contributed by atoms with E-state index in [1.165, 1.54) is 6.42 Å². The van der Waals surface area contributed by atoms with E-state index < -0.39 is 16.1 Å². The van der Waals surface area contributed by atoms with Crippen molar-refractivity contribution in [2.75, 3.05) is 0 Å². The maximum atomic E-state index is 12.9. The van der Waals surface area contributed by atoms with Crippen LogP contribution in [-0.4, -0.2) is 26.4 Å². The van der Waals surface area contributed by atoms with Crippen molar-refractivity contribution in [2.45, 2.75) is 62.9 Å². The lowest BCUT2D eigenvalue weighted by atomic mass is 9.94. The molecule has 1 atom stereocenters. The van der Waals surface area contributed by atoms with Crippen molar-refractivity contribution in [3.63, 3.8) is 0 Å². The molecule has 6 heteroatoms. The van der Waals surface area contributed by atoms with Crippen LogP contribution in [0.5, 0.6) is 0 Å². The number of fused-ring (bicyclic) bond motifs is 1. The van der Waals surface area contributed by atoms with Crippen LogP contribution in [-0.2, 0) is 14.8 Å². The van der Waals surface area contributed by atoms with E-state index in [1.807, 2.05) is 38.1 Å². The van der Waals surface area contributed by atoms with Crippen LogP contribution >= 0.6 is 0 Å². The number of carbonyl (C=O) groups is 1. The Bertz CT molecular complexity index is 903. The van der Waals surface area contributed by atoms with Crippen LogP contribution in [0.3, 0.4) is 0 Å². The molecule has 0 heterocycles. The molecule has 27 heavy (non-hydrogen) atoms. The van der Waals surface area contributed by atoms with E-state index in [2.05, 4.69) is 10.0 Å². The number of carbonyl (C=O) groups excluding carboxylic acids is 1. The molecule has 0 aromatic heterocycles. The minimum atomic E-state index is -3.79. The highest BCUT2D eigenvalue weighted by Gasteiger charge is 2.30. The molecule has 2 aromatic carbocycles. The van der Waals surface area contributed by atoms with Crippen molar-refractivity contribution < 1.29 is 13.2 Å². The molecule has 1 saturated carbocycles. The third-order valence-corrected chi connectivity index (χ3v) is 6.65. The normalized spacial score (nSPS) is 17.1. The smallest absolute Gasteiger partial charge is 0.241 e. The molecule has 146 valence electrons. The Morgan fingerprint density at radius 2 is 1.67 bits per heavy atom. The highest BCUT2D eigenvalue weighted by Crippen LogP contribution is 2.21. The molecule has 1 aliphatic carbocycles. The standard InChI is InChI=1S/C21H28N2O3S/c1-15(2)20(21(24)22-18-10-4-3-5-11-18)23-27(25,26)19-13-12-16-8-6-7-9-17(16)14-19/h6-9,12-15,18,20,23H,3-5,10-11H2,1-2H3,(H,22,24). The summed E-state index contributed by atoms with van der Waals surface area (Å²) in [5, 5.41) is 4.87. The van der Waals surface area contributed by atoms with Gasteiger partial charge in [0, 0.05) is 6.04 Å². The van der Waals surface area contributed by atoms with E-state index >= 15 is 0 Å². The summed E-state index contributed by atoms with van der Waals surface area (Å²) in [6.07, 6.45) is 5.36. The molecule has 2 N–H and O–H groups in total. The number of amides is 1. The zero-order valence-corrected chi connectivity index (χ0v) is 16.8. The number of hydrogen-bond acceptors (Lipinski definition) is 3. The molecule has 0 saturated heterocycles. The largest absolute Gasteiger partial charge is 0.352 e. The van der Waals surface area contributed by atoms with Gasteiger partial charge in [-0.15, -0.1) is 0 Å². The fourth-order valence-electron chi connectivity index (χ4n) is 3.60. The first-order chi connectivity index (χ1) is 12.9. The van der Waals surface area contributed by atoms with Gasteiger partial charge < -0.3 is 5.32 Å². The predicted molar refractivity (Wildman–Crippen MR) is 108 cm³/mol. The predicted octanol–water partition coefficient (Wildman–Crippen LogP) is 3.59. The number of rotatable bonds is 6. The van der Waals surface area contributed by atoms with Gasteiger partial charge >= 0.3 is 0 Å². The Labute approximate surface area is 161 Å². The lowest BCUT2D eigenvalue weighted by Crippen LogP contribution is -2.52. The van der Waals surface area contributed by atoms with Crippen LogP contribution in [0.1, 0.15) is 46.0 Å². The van der Waals surface area contributed by atoms with Crippen LogP contribution in [0.15, 0.2) is 47.4 Å². The van der Waals surface area contributed by atoms with Crippen LogP contribution in [0.2, 0.25) is 0 Å². The maximum Gasteiger partial charge on any atom is 0.241 e. The van der Waals surface area contributed by atoms with E-state index in [1.54, 1.807) is 18.2 Å². The second-order valence-electron chi connectivity index (χ2n) is 7.70. The molecule has 2 aromatic rings. The third-order valence-electron chi connectivity index (χ3n) is 5.21. The van der Waals surface area contributed by atoms with Crippen LogP contribution < -0.4 is 10.0 Å². The van der Waals surface area contributed by atoms with Gasteiger partial charge in [-0.2, -0.15) is 4.72 Å². The van der Waals surface area contributed by atoms with Gasteiger partial charge in [0.15, 0.2) is 0 Å². The summed E-state index contributed by atoms with van der Waals surface area (Å²) >= 11 is 0. The van der Waals surface area contributed by atoms with Crippen LogP contribution in [0.25, 0.3) is 10.8 Å². The molecule has 1 amide bonds. The van der Waals surface area contributed by atoms with Crippen LogP contribution in [0, 0.1) is 5.92 Å². The lowest BCUT2D eigenvalue weighted by Gasteiger charge is -2.27. The Morgan fingerprint density at radius 1 is 1.00 bits per heavy atom. The van der Waals surface area contributed by atoms with Gasteiger partial charge in [0.05, 0.1) is 4.90 Å². The summed E-state index contributed by atoms with van der Waals surface area (Å²) in [4.78, 5) is 12.9. The van der Waals surface area contributed by atoms with Crippen molar-refractivity contribution >= 4 is 26.7 Å². The van der Waals surface area contributed by atoms with Gasteiger partial charge in [-0.3, -0.25) is 4.79 Å². The van der Waals surface area contributed by atoms with Crippen molar-refractivity contribution in [3.8, 4) is 0 Å². The molecule has 3 rings (SSSR count). The van der Waals surface area contributed by atoms with Crippen molar-refractivity contribution in [1.82, 2.24) is 10.0 Å². The molecule has 0 spiro atoms. The summed E-state index contributed by atoms with van der Waals surface area (Å²) in [6, 6.07) is 12.0. The van der Waals surface area contributed by atoms with Gasteiger partial charge in [-0.25, -0.2) is 8.42 Å². The highest BCUT2D eigenvalue weighted by molar-refractivity contribution is 7.89. The molecule has 0 radical (unpaired) electrons. The molecule has 1 fully saturated rings. The SMILES string of the molecule is CC(C)C(NS(=O)(=O)c1ccc2ccccc2c1)C(=O)NC1CCCCC1. The van der Waals surface area contributed by atoms with Crippen molar-refractivity contribution in [2.24, 2.45) is 5.92 Å². The Hall–Kier alpha value is -1.92. The fourth-order valence-corrected chi connectivity index (χ4v) is 4.98. The molecule has 0 aliphatic heterocycles. The lowest BCUT2D eigenvalue weighted by molar-refractivity contribution is -0.124. The zero-order valence-electron chi connectivity index (χ0n) is 15.9. The molecular weight excluding hydrogens is 360 g/mol. The number of benzene rings is 2. The Kier molecular flexibility index (Phi) is 6.17. The summed E-state index contributed by atoms with van der Waals surface area (Å²) in [5.41, 5.74) is 0. The summed E-state index contributed by atoms with van der Waals surface area (Å²) in [5.74, 6) is -0.384. The third kappa shape index (κ3) is 4.87. The van der Waals surface area contributed by atoms with Gasteiger partial charge in [-0.1, -0.05) is 63.4 Å². The topological polar surface area (TPSA) is 75.3 Å². The van der Waals surface area contributed by atoms with Gasteiger partial charge in [0.1, 0.15) is 6.04 Å². The second kappa shape index (κ2) is 8.40. The van der Waals surface area contributed by atoms with E-state index in [0.717, 1.165) is 36.5 Å². The zero-order chi connectivity index (χ0) is 19.4.